The number of piperazine rings is 1. The van der Waals surface area contributed by atoms with Crippen molar-refractivity contribution in [3.8, 4) is 11.1 Å². The van der Waals surface area contributed by atoms with E-state index in [9.17, 15) is 14.4 Å². The Bertz CT molecular complexity index is 1620. The number of nitrogens with one attached hydrogen (secondary N) is 1. The highest BCUT2D eigenvalue weighted by atomic mass is 16.6. The van der Waals surface area contributed by atoms with Gasteiger partial charge in [-0.15, -0.1) is 0 Å². The standard InChI is InChI=1S/C36H38N4O4/c1-36(2,3)44-35(43)40-24-22-39(23-25-40)32-17-11-10-16-31(32)38(4)34(42)27-18-20-28(21-19-27)37-33(41)30-15-9-8-14-29(30)26-12-6-5-7-13-26/h5-21H,22-25H2,1-4H3,(H,37,41). The first kappa shape index (κ1) is 30.4. The van der Waals surface area contributed by atoms with Crippen LogP contribution in [0.2, 0.25) is 0 Å². The van der Waals surface area contributed by atoms with E-state index < -0.39 is 5.60 Å². The average molecular weight is 591 g/mol. The minimum absolute atomic E-state index is 0.169. The van der Waals surface area contributed by atoms with E-state index in [1.54, 1.807) is 47.2 Å². The van der Waals surface area contributed by atoms with Crippen LogP contribution in [0.25, 0.3) is 11.1 Å². The third-order valence-electron chi connectivity index (χ3n) is 7.47. The maximum absolute atomic E-state index is 13.6. The first-order valence-electron chi connectivity index (χ1n) is 14.8. The van der Waals surface area contributed by atoms with Crippen molar-refractivity contribution in [2.45, 2.75) is 26.4 Å². The number of amides is 3. The summed E-state index contributed by atoms with van der Waals surface area (Å²) in [5, 5.41) is 2.96. The molecule has 0 atom stereocenters. The maximum atomic E-state index is 13.6. The van der Waals surface area contributed by atoms with Gasteiger partial charge in [0.1, 0.15) is 5.60 Å². The number of anilines is 3. The molecule has 44 heavy (non-hydrogen) atoms. The van der Waals surface area contributed by atoms with Gasteiger partial charge in [-0.3, -0.25) is 9.59 Å². The van der Waals surface area contributed by atoms with Crippen LogP contribution in [0.4, 0.5) is 21.9 Å². The van der Waals surface area contributed by atoms with Gasteiger partial charge < -0.3 is 24.8 Å². The van der Waals surface area contributed by atoms with Gasteiger partial charge in [-0.1, -0.05) is 60.7 Å². The lowest BCUT2D eigenvalue weighted by Crippen LogP contribution is -2.50. The van der Waals surface area contributed by atoms with Crippen molar-refractivity contribution in [1.29, 1.82) is 0 Å². The van der Waals surface area contributed by atoms with Crippen molar-refractivity contribution in [3.63, 3.8) is 0 Å². The maximum Gasteiger partial charge on any atom is 0.410 e. The molecule has 1 aliphatic heterocycles. The molecule has 0 aromatic heterocycles. The van der Waals surface area contributed by atoms with Gasteiger partial charge in [0.25, 0.3) is 11.8 Å². The predicted octanol–water partition coefficient (Wildman–Crippen LogP) is 6.94. The van der Waals surface area contributed by atoms with E-state index in [0.29, 0.717) is 43.0 Å². The Labute approximate surface area is 258 Å². The molecule has 8 heteroatoms. The highest BCUT2D eigenvalue weighted by Gasteiger charge is 2.28. The number of para-hydroxylation sites is 2. The van der Waals surface area contributed by atoms with Gasteiger partial charge in [0.2, 0.25) is 0 Å². The lowest BCUT2D eigenvalue weighted by molar-refractivity contribution is 0.0240. The Morgan fingerprint density at radius 2 is 1.36 bits per heavy atom. The molecule has 8 nitrogen and oxygen atoms in total. The fourth-order valence-corrected chi connectivity index (χ4v) is 5.22. The van der Waals surface area contributed by atoms with Crippen LogP contribution in [-0.4, -0.2) is 61.6 Å². The molecule has 226 valence electrons. The molecule has 0 radical (unpaired) electrons. The lowest BCUT2D eigenvalue weighted by atomic mass is 9.99. The molecule has 1 aliphatic rings. The van der Waals surface area contributed by atoms with Crippen molar-refractivity contribution in [3.05, 3.63) is 114 Å². The topological polar surface area (TPSA) is 82.2 Å². The third-order valence-corrected chi connectivity index (χ3v) is 7.47. The minimum atomic E-state index is -0.540. The SMILES string of the molecule is CN(C(=O)c1ccc(NC(=O)c2ccccc2-c2ccccc2)cc1)c1ccccc1N1CCN(C(=O)OC(C)(C)C)CC1. The number of carbonyl (C=O) groups is 3. The van der Waals surface area contributed by atoms with Crippen LogP contribution in [0.1, 0.15) is 41.5 Å². The third kappa shape index (κ3) is 7.09. The molecule has 0 spiro atoms. The van der Waals surface area contributed by atoms with Crippen molar-refractivity contribution < 1.29 is 19.1 Å². The van der Waals surface area contributed by atoms with Crippen LogP contribution in [0.3, 0.4) is 0 Å². The summed E-state index contributed by atoms with van der Waals surface area (Å²) < 4.78 is 5.53. The molecule has 3 amide bonds. The Balaban J connectivity index is 1.25. The van der Waals surface area contributed by atoms with Gasteiger partial charge >= 0.3 is 6.09 Å². The molecule has 0 unspecified atom stereocenters. The zero-order valence-corrected chi connectivity index (χ0v) is 25.6. The van der Waals surface area contributed by atoms with Crippen molar-refractivity contribution >= 4 is 35.0 Å². The van der Waals surface area contributed by atoms with Gasteiger partial charge in [0, 0.05) is 50.0 Å². The molecule has 5 rings (SSSR count). The summed E-state index contributed by atoms with van der Waals surface area (Å²) in [6, 6.07) is 32.0. The van der Waals surface area contributed by atoms with Gasteiger partial charge in [0.05, 0.1) is 11.4 Å². The largest absolute Gasteiger partial charge is 0.444 e. The normalized spacial score (nSPS) is 13.3. The fraction of sp³-hybridized carbons (Fsp3) is 0.250. The Morgan fingerprint density at radius 1 is 0.750 bits per heavy atom. The number of hydrogen-bond acceptors (Lipinski definition) is 5. The summed E-state index contributed by atoms with van der Waals surface area (Å²) in [5.41, 5.74) is 4.64. The summed E-state index contributed by atoms with van der Waals surface area (Å²) in [5.74, 6) is -0.390. The van der Waals surface area contributed by atoms with Crippen LogP contribution in [0, 0.1) is 0 Å². The van der Waals surface area contributed by atoms with Gasteiger partial charge in [-0.2, -0.15) is 0 Å². The fourth-order valence-electron chi connectivity index (χ4n) is 5.22. The molecule has 4 aromatic carbocycles. The quantitative estimate of drug-likeness (QED) is 0.263. The second-order valence-corrected chi connectivity index (χ2v) is 11.8. The van der Waals surface area contributed by atoms with E-state index in [-0.39, 0.29) is 17.9 Å². The first-order chi connectivity index (χ1) is 21.1. The second kappa shape index (κ2) is 13.0. The van der Waals surface area contributed by atoms with Crippen molar-refractivity contribution in [2.24, 2.45) is 0 Å². The number of rotatable bonds is 6. The van der Waals surface area contributed by atoms with E-state index in [2.05, 4.69) is 10.2 Å². The van der Waals surface area contributed by atoms with E-state index in [0.717, 1.165) is 22.5 Å². The highest BCUT2D eigenvalue weighted by molar-refractivity contribution is 6.10. The second-order valence-electron chi connectivity index (χ2n) is 11.8. The predicted molar refractivity (Wildman–Crippen MR) is 175 cm³/mol. The molecule has 0 bridgehead atoms. The van der Waals surface area contributed by atoms with Gasteiger partial charge in [0.15, 0.2) is 0 Å². The zero-order chi connectivity index (χ0) is 31.3. The average Bonchev–Trinajstić information content (AvgIpc) is 3.04. The molecular formula is C36H38N4O4. The summed E-state index contributed by atoms with van der Waals surface area (Å²) in [4.78, 5) is 44.8. The smallest absolute Gasteiger partial charge is 0.410 e. The van der Waals surface area contributed by atoms with Crippen LogP contribution >= 0.6 is 0 Å². The number of nitrogens with zero attached hydrogens (tertiary/aromatic N) is 3. The van der Waals surface area contributed by atoms with E-state index in [4.69, 9.17) is 4.74 Å². The molecule has 1 saturated heterocycles. The lowest BCUT2D eigenvalue weighted by Gasteiger charge is -2.38. The van der Waals surface area contributed by atoms with Crippen LogP contribution < -0.4 is 15.1 Å². The number of hydrogen-bond donors (Lipinski definition) is 1. The molecule has 1 N–H and O–H groups in total. The van der Waals surface area contributed by atoms with Gasteiger partial charge in [-0.25, -0.2) is 4.79 Å². The van der Waals surface area contributed by atoms with E-state index >= 15 is 0 Å². The van der Waals surface area contributed by atoms with Crippen molar-refractivity contribution in [1.82, 2.24) is 4.90 Å². The van der Waals surface area contributed by atoms with E-state index in [1.165, 1.54) is 0 Å². The molecule has 4 aromatic rings. The summed E-state index contributed by atoms with van der Waals surface area (Å²) >= 11 is 0. The summed E-state index contributed by atoms with van der Waals surface area (Å²) in [7, 11) is 1.76. The first-order valence-corrected chi connectivity index (χ1v) is 14.8. The number of ether oxygens (including phenoxy) is 1. The van der Waals surface area contributed by atoms with Crippen molar-refractivity contribution in [2.75, 3.05) is 48.3 Å². The molecule has 1 heterocycles. The summed E-state index contributed by atoms with van der Waals surface area (Å²) in [6.45, 7) is 7.90. The Hall–Kier alpha value is -5.11. The summed E-state index contributed by atoms with van der Waals surface area (Å²) in [6.07, 6.45) is -0.308. The highest BCUT2D eigenvalue weighted by Crippen LogP contribution is 2.31. The van der Waals surface area contributed by atoms with Crippen LogP contribution in [-0.2, 0) is 4.74 Å². The number of benzene rings is 4. The zero-order valence-electron chi connectivity index (χ0n) is 25.6. The van der Waals surface area contributed by atoms with Crippen LogP contribution in [0.5, 0.6) is 0 Å². The molecule has 0 aliphatic carbocycles. The molecule has 1 fully saturated rings. The Morgan fingerprint density at radius 3 is 2.05 bits per heavy atom. The van der Waals surface area contributed by atoms with Gasteiger partial charge in [-0.05, 0) is 74.4 Å². The molecule has 0 saturated carbocycles. The van der Waals surface area contributed by atoms with E-state index in [1.807, 2.05) is 93.6 Å². The Kier molecular flexibility index (Phi) is 8.99. The monoisotopic (exact) mass is 590 g/mol. The molecular weight excluding hydrogens is 552 g/mol. The number of carbonyl (C=O) groups excluding carboxylic acids is 3. The minimum Gasteiger partial charge on any atom is -0.444 e. The van der Waals surface area contributed by atoms with Crippen LogP contribution in [0.15, 0.2) is 103 Å².